The van der Waals surface area contributed by atoms with Crippen LogP contribution in [0.5, 0.6) is 0 Å². The molecule has 0 unspecified atom stereocenters. The Morgan fingerprint density at radius 2 is 2.22 bits per heavy atom. The molecule has 1 aromatic carbocycles. The summed E-state index contributed by atoms with van der Waals surface area (Å²) in [6.45, 7) is 1.49. The summed E-state index contributed by atoms with van der Waals surface area (Å²) < 4.78 is 13.7. The molecule has 0 radical (unpaired) electrons. The summed E-state index contributed by atoms with van der Waals surface area (Å²) in [6.07, 6.45) is 5.89. The molecule has 0 amide bonds. The maximum absolute atomic E-state index is 13.7. The van der Waals surface area contributed by atoms with Crippen LogP contribution < -0.4 is 5.32 Å². The van der Waals surface area contributed by atoms with Gasteiger partial charge >= 0.3 is 0 Å². The second kappa shape index (κ2) is 6.34. The monoisotopic (exact) mass is 259 g/mol. The van der Waals surface area contributed by atoms with Gasteiger partial charge in [0.15, 0.2) is 0 Å². The van der Waals surface area contributed by atoms with E-state index in [9.17, 15) is 4.39 Å². The van der Waals surface area contributed by atoms with Gasteiger partial charge in [-0.25, -0.2) is 4.39 Å². The van der Waals surface area contributed by atoms with Crippen LogP contribution in [0.15, 0.2) is 35.7 Å². The zero-order valence-corrected chi connectivity index (χ0v) is 10.8. The first-order valence-corrected chi connectivity index (χ1v) is 6.65. The lowest BCUT2D eigenvalue weighted by Gasteiger charge is -2.06. The molecule has 2 aromatic rings. The van der Waals surface area contributed by atoms with E-state index in [0.717, 1.165) is 17.0 Å². The molecule has 0 saturated heterocycles. The normalized spacial score (nSPS) is 10.2. The van der Waals surface area contributed by atoms with Gasteiger partial charge in [0.2, 0.25) is 0 Å². The highest BCUT2D eigenvalue weighted by molar-refractivity contribution is 7.13. The third-order valence-electron chi connectivity index (χ3n) is 2.59. The maximum Gasteiger partial charge on any atom is 0.131 e. The van der Waals surface area contributed by atoms with Crippen LogP contribution in [0.4, 0.5) is 4.39 Å². The molecule has 1 nitrogen and oxygen atoms in total. The molecule has 3 heteroatoms. The maximum atomic E-state index is 13.7. The van der Waals surface area contributed by atoms with E-state index in [1.165, 1.54) is 6.07 Å². The van der Waals surface area contributed by atoms with Gasteiger partial charge in [0.25, 0.3) is 0 Å². The van der Waals surface area contributed by atoms with Crippen molar-refractivity contribution in [1.82, 2.24) is 5.32 Å². The summed E-state index contributed by atoms with van der Waals surface area (Å²) >= 11 is 1.54. The van der Waals surface area contributed by atoms with Crippen molar-refractivity contribution in [1.29, 1.82) is 0 Å². The average molecular weight is 259 g/mol. The molecule has 92 valence electrons. The van der Waals surface area contributed by atoms with Crippen molar-refractivity contribution in [2.45, 2.75) is 13.0 Å². The fourth-order valence-corrected chi connectivity index (χ4v) is 2.44. The lowest BCUT2D eigenvalue weighted by atomic mass is 10.1. The molecule has 18 heavy (non-hydrogen) atoms. The van der Waals surface area contributed by atoms with Crippen LogP contribution in [0, 0.1) is 18.2 Å². The van der Waals surface area contributed by atoms with Crippen LogP contribution in [0.25, 0.3) is 10.4 Å². The minimum absolute atomic E-state index is 0.176. The van der Waals surface area contributed by atoms with Crippen LogP contribution in [0.3, 0.4) is 0 Å². The van der Waals surface area contributed by atoms with Gasteiger partial charge in [0.1, 0.15) is 5.82 Å². The van der Waals surface area contributed by atoms with Crippen LogP contribution in [0.2, 0.25) is 0 Å². The summed E-state index contributed by atoms with van der Waals surface area (Å²) in [6, 6.07) is 9.07. The van der Waals surface area contributed by atoms with Crippen molar-refractivity contribution < 1.29 is 4.39 Å². The van der Waals surface area contributed by atoms with Crippen molar-refractivity contribution in [2.75, 3.05) is 6.54 Å². The summed E-state index contributed by atoms with van der Waals surface area (Å²) in [7, 11) is 0. The summed E-state index contributed by atoms with van der Waals surface area (Å²) in [5.41, 5.74) is 1.73. The molecule has 1 heterocycles. The number of benzene rings is 1. The molecule has 0 spiro atoms. The number of hydrogen-bond acceptors (Lipinski definition) is 2. The van der Waals surface area contributed by atoms with Crippen molar-refractivity contribution in [3.8, 4) is 22.8 Å². The molecule has 1 N–H and O–H groups in total. The van der Waals surface area contributed by atoms with Crippen molar-refractivity contribution in [3.05, 3.63) is 47.1 Å². The van der Waals surface area contributed by atoms with E-state index in [-0.39, 0.29) is 5.82 Å². The standard InChI is InChI=1S/C15H14FNS/c1-2-3-8-17-11-12-6-7-14(16)13(10-12)15-5-4-9-18-15/h1,4-7,9-10,17H,3,8,11H2. The lowest BCUT2D eigenvalue weighted by Crippen LogP contribution is -2.14. The quantitative estimate of drug-likeness (QED) is 0.638. The zero-order valence-electron chi connectivity index (χ0n) is 9.95. The molecule has 0 aliphatic rings. The average Bonchev–Trinajstić information content (AvgIpc) is 2.90. The number of nitrogens with one attached hydrogen (secondary N) is 1. The Hall–Kier alpha value is -1.63. The van der Waals surface area contributed by atoms with E-state index < -0.39 is 0 Å². The first kappa shape index (κ1) is 12.8. The highest BCUT2D eigenvalue weighted by atomic mass is 32.1. The van der Waals surface area contributed by atoms with Crippen LogP contribution in [-0.2, 0) is 6.54 Å². The molecule has 0 bridgehead atoms. The molecule has 2 rings (SSSR count). The molecule has 0 saturated carbocycles. The fourth-order valence-electron chi connectivity index (χ4n) is 1.70. The fraction of sp³-hybridized carbons (Fsp3) is 0.200. The van der Waals surface area contributed by atoms with E-state index in [1.54, 1.807) is 17.4 Å². The molecule has 1 aromatic heterocycles. The topological polar surface area (TPSA) is 12.0 Å². The van der Waals surface area contributed by atoms with E-state index in [0.29, 0.717) is 18.5 Å². The number of hydrogen-bond donors (Lipinski definition) is 1. The van der Waals surface area contributed by atoms with Gasteiger partial charge in [-0.1, -0.05) is 12.1 Å². The first-order chi connectivity index (χ1) is 8.81. The Morgan fingerprint density at radius 1 is 1.33 bits per heavy atom. The summed E-state index contributed by atoms with van der Waals surface area (Å²) in [5.74, 6) is 2.40. The van der Waals surface area contributed by atoms with Crippen molar-refractivity contribution in [2.24, 2.45) is 0 Å². The largest absolute Gasteiger partial charge is 0.312 e. The summed E-state index contributed by atoms with van der Waals surface area (Å²) in [4.78, 5) is 0.956. The lowest BCUT2D eigenvalue weighted by molar-refractivity contribution is 0.629. The van der Waals surface area contributed by atoms with E-state index in [1.807, 2.05) is 23.6 Å². The predicted molar refractivity (Wildman–Crippen MR) is 74.9 cm³/mol. The Kier molecular flexibility index (Phi) is 4.52. The van der Waals surface area contributed by atoms with Crippen LogP contribution in [-0.4, -0.2) is 6.54 Å². The molecule has 0 atom stereocenters. The van der Waals surface area contributed by atoms with E-state index in [4.69, 9.17) is 6.42 Å². The second-order valence-corrected chi connectivity index (χ2v) is 4.87. The molecule has 0 fully saturated rings. The molecule has 0 aliphatic heterocycles. The minimum Gasteiger partial charge on any atom is -0.312 e. The Morgan fingerprint density at radius 3 is 2.94 bits per heavy atom. The summed E-state index contributed by atoms with van der Waals surface area (Å²) in [5, 5.41) is 5.18. The zero-order chi connectivity index (χ0) is 12.8. The highest BCUT2D eigenvalue weighted by Crippen LogP contribution is 2.28. The Balaban J connectivity index is 2.10. The van der Waals surface area contributed by atoms with Gasteiger partial charge in [0, 0.05) is 30.0 Å². The molecular formula is C15H14FNS. The first-order valence-electron chi connectivity index (χ1n) is 5.78. The predicted octanol–water partition coefficient (Wildman–Crippen LogP) is 3.67. The smallest absolute Gasteiger partial charge is 0.131 e. The van der Waals surface area contributed by atoms with Gasteiger partial charge in [-0.2, -0.15) is 0 Å². The minimum atomic E-state index is -0.176. The van der Waals surface area contributed by atoms with E-state index >= 15 is 0 Å². The van der Waals surface area contributed by atoms with E-state index in [2.05, 4.69) is 11.2 Å². The number of halogens is 1. The Bertz CT molecular complexity index is 540. The van der Waals surface area contributed by atoms with Crippen LogP contribution in [0.1, 0.15) is 12.0 Å². The number of rotatable bonds is 5. The van der Waals surface area contributed by atoms with Crippen molar-refractivity contribution >= 4 is 11.3 Å². The number of terminal acetylenes is 1. The van der Waals surface area contributed by atoms with Crippen LogP contribution >= 0.6 is 11.3 Å². The molecular weight excluding hydrogens is 245 g/mol. The SMILES string of the molecule is C#CCCNCc1ccc(F)c(-c2cccs2)c1. The van der Waals surface area contributed by atoms with Gasteiger partial charge in [0.05, 0.1) is 0 Å². The number of thiophene rings is 1. The van der Waals surface area contributed by atoms with Gasteiger partial charge in [-0.3, -0.25) is 0 Å². The second-order valence-electron chi connectivity index (χ2n) is 3.92. The Labute approximate surface area is 111 Å². The van der Waals surface area contributed by atoms with Gasteiger partial charge in [-0.15, -0.1) is 23.7 Å². The third-order valence-corrected chi connectivity index (χ3v) is 3.50. The molecule has 0 aliphatic carbocycles. The third kappa shape index (κ3) is 3.19. The van der Waals surface area contributed by atoms with Gasteiger partial charge < -0.3 is 5.32 Å². The van der Waals surface area contributed by atoms with Gasteiger partial charge in [-0.05, 0) is 29.1 Å². The highest BCUT2D eigenvalue weighted by Gasteiger charge is 2.06. The van der Waals surface area contributed by atoms with Crippen molar-refractivity contribution in [3.63, 3.8) is 0 Å².